The number of aromatic nitrogens is 4. The van der Waals surface area contributed by atoms with Gasteiger partial charge in [0.1, 0.15) is 6.07 Å². The molecule has 0 unspecified atom stereocenters. The summed E-state index contributed by atoms with van der Waals surface area (Å²) in [6.45, 7) is 1.18. The quantitative estimate of drug-likeness (QED) is 0.589. The second-order valence-corrected chi connectivity index (χ2v) is 8.46. The summed E-state index contributed by atoms with van der Waals surface area (Å²) < 4.78 is 12.3. The van der Waals surface area contributed by atoms with Gasteiger partial charge in [-0.2, -0.15) is 10.4 Å². The van der Waals surface area contributed by atoms with Gasteiger partial charge in [0.2, 0.25) is 0 Å². The smallest absolute Gasteiger partial charge is 0.255 e. The minimum atomic E-state index is -0.144. The summed E-state index contributed by atoms with van der Waals surface area (Å²) in [4.78, 5) is 22.1. The molecule has 4 heterocycles. The molecule has 10 heteroatoms. The molecule has 0 spiro atoms. The van der Waals surface area contributed by atoms with Crippen LogP contribution in [0.25, 0.3) is 16.9 Å². The maximum Gasteiger partial charge on any atom is 0.255 e. The Morgan fingerprint density at radius 3 is 2.70 bits per heavy atom. The number of anilines is 1. The van der Waals surface area contributed by atoms with E-state index in [-0.39, 0.29) is 24.1 Å². The topological polar surface area (TPSA) is 126 Å². The number of amides is 1. The van der Waals surface area contributed by atoms with Crippen molar-refractivity contribution in [3.63, 3.8) is 0 Å². The van der Waals surface area contributed by atoms with E-state index in [4.69, 9.17) is 14.7 Å². The molecule has 1 aliphatic heterocycles. The number of rotatable bonds is 6. The number of nitriles is 1. The lowest BCUT2D eigenvalue weighted by Gasteiger charge is -2.30. The fourth-order valence-corrected chi connectivity index (χ4v) is 4.26. The van der Waals surface area contributed by atoms with Crippen LogP contribution in [0.15, 0.2) is 30.9 Å². The molecule has 2 N–H and O–H groups in total. The van der Waals surface area contributed by atoms with Crippen molar-refractivity contribution in [3.05, 3.63) is 42.0 Å². The Morgan fingerprint density at radius 1 is 1.18 bits per heavy atom. The van der Waals surface area contributed by atoms with E-state index in [1.807, 2.05) is 6.07 Å². The Labute approximate surface area is 190 Å². The van der Waals surface area contributed by atoms with Crippen LogP contribution in [-0.4, -0.2) is 64.0 Å². The van der Waals surface area contributed by atoms with Crippen LogP contribution in [0.3, 0.4) is 0 Å². The number of ether oxygens (including phenoxy) is 2. The lowest BCUT2D eigenvalue weighted by molar-refractivity contribution is 0.0210. The van der Waals surface area contributed by atoms with Crippen molar-refractivity contribution in [1.82, 2.24) is 24.9 Å². The highest BCUT2D eigenvalue weighted by atomic mass is 16.5. The van der Waals surface area contributed by atoms with Crippen LogP contribution in [-0.2, 0) is 9.47 Å². The Balaban J connectivity index is 1.42. The summed E-state index contributed by atoms with van der Waals surface area (Å²) in [5, 5.41) is 20.0. The zero-order valence-electron chi connectivity index (χ0n) is 18.3. The summed E-state index contributed by atoms with van der Waals surface area (Å²) in [6.07, 6.45) is 10.3. The summed E-state index contributed by atoms with van der Waals surface area (Å²) in [5.41, 5.74) is 3.56. The van der Waals surface area contributed by atoms with Crippen LogP contribution in [0, 0.1) is 11.3 Å². The molecule has 5 rings (SSSR count). The number of nitrogens with one attached hydrogen (secondary N) is 2. The second-order valence-electron chi connectivity index (χ2n) is 8.46. The number of nitrogens with zero attached hydrogens (tertiary/aromatic N) is 5. The third kappa shape index (κ3) is 4.37. The van der Waals surface area contributed by atoms with E-state index in [2.05, 4.69) is 31.8 Å². The zero-order valence-corrected chi connectivity index (χ0v) is 18.3. The molecule has 3 aromatic heterocycles. The Morgan fingerprint density at radius 2 is 2.00 bits per heavy atom. The van der Waals surface area contributed by atoms with Gasteiger partial charge < -0.3 is 20.1 Å². The molecule has 10 nitrogen and oxygen atoms in total. The number of carbonyl (C=O) groups is 1. The van der Waals surface area contributed by atoms with E-state index in [9.17, 15) is 4.79 Å². The first-order valence-electron chi connectivity index (χ1n) is 11.1. The highest BCUT2D eigenvalue weighted by Gasteiger charge is 2.26. The predicted octanol–water partition coefficient (Wildman–Crippen LogP) is 2.16. The summed E-state index contributed by atoms with van der Waals surface area (Å²) in [5.74, 6) is -0.144. The zero-order chi connectivity index (χ0) is 22.8. The Hall–Kier alpha value is -3.55. The number of hydrogen-bond acceptors (Lipinski definition) is 8. The van der Waals surface area contributed by atoms with Gasteiger partial charge in [-0.3, -0.25) is 9.78 Å². The van der Waals surface area contributed by atoms with Crippen LogP contribution in [0.2, 0.25) is 0 Å². The molecule has 2 fully saturated rings. The minimum Gasteiger partial charge on any atom is -0.381 e. The van der Waals surface area contributed by atoms with Gasteiger partial charge in [-0.15, -0.1) is 0 Å². The number of fused-ring (bicyclic) bond motifs is 1. The van der Waals surface area contributed by atoms with Crippen molar-refractivity contribution in [3.8, 4) is 17.3 Å². The van der Waals surface area contributed by atoms with Crippen molar-refractivity contribution in [1.29, 1.82) is 5.26 Å². The fraction of sp³-hybridized carbons (Fsp3) is 0.435. The van der Waals surface area contributed by atoms with E-state index >= 15 is 0 Å². The molecule has 1 amide bonds. The molecule has 3 aromatic rings. The monoisotopic (exact) mass is 447 g/mol. The molecule has 170 valence electrons. The standard InChI is InChI=1S/C23H25N7O3/c1-32-17-4-2-15(3-5-17)29-23(31)19-9-25-20(6-21(19)28-16-12-33-13-16)18-10-27-30-11-14(7-24)8-26-22(18)30/h6,8-11,15-17H,2-5,12-13H2,1H3,(H,25,28)(H,29,31). The number of hydrogen-bond donors (Lipinski definition) is 2. The van der Waals surface area contributed by atoms with Crippen molar-refractivity contribution < 1.29 is 14.3 Å². The molecule has 0 bridgehead atoms. The molecule has 33 heavy (non-hydrogen) atoms. The van der Waals surface area contributed by atoms with Gasteiger partial charge in [0, 0.05) is 25.5 Å². The van der Waals surface area contributed by atoms with Gasteiger partial charge >= 0.3 is 0 Å². The lowest BCUT2D eigenvalue weighted by atomic mass is 9.92. The van der Waals surface area contributed by atoms with Gasteiger partial charge in [-0.05, 0) is 31.7 Å². The largest absolute Gasteiger partial charge is 0.381 e. The van der Waals surface area contributed by atoms with E-state index < -0.39 is 0 Å². The number of methoxy groups -OCH3 is 1. The number of pyridine rings is 1. The Kier molecular flexibility index (Phi) is 5.90. The normalized spacial score (nSPS) is 20.7. The molecule has 0 radical (unpaired) electrons. The maximum atomic E-state index is 13.1. The second kappa shape index (κ2) is 9.13. The SMILES string of the molecule is COC1CCC(NC(=O)c2cnc(-c3cnn4cc(C#N)cnc34)cc2NC2COC2)CC1. The van der Waals surface area contributed by atoms with Crippen LogP contribution in [0.4, 0.5) is 5.69 Å². The molecule has 0 aromatic carbocycles. The molecule has 1 aliphatic carbocycles. The first-order chi connectivity index (χ1) is 16.1. The van der Waals surface area contributed by atoms with Crippen LogP contribution in [0.5, 0.6) is 0 Å². The average Bonchev–Trinajstić information content (AvgIpc) is 3.25. The highest BCUT2D eigenvalue weighted by Crippen LogP contribution is 2.28. The minimum absolute atomic E-state index is 0.126. The first kappa shape index (κ1) is 21.3. The van der Waals surface area contributed by atoms with Crippen LogP contribution in [0.1, 0.15) is 41.6 Å². The van der Waals surface area contributed by atoms with Crippen molar-refractivity contribution >= 4 is 17.2 Å². The van der Waals surface area contributed by atoms with Crippen LogP contribution >= 0.6 is 0 Å². The van der Waals surface area contributed by atoms with Crippen molar-refractivity contribution in [2.45, 2.75) is 43.9 Å². The van der Waals surface area contributed by atoms with E-state index in [0.717, 1.165) is 31.2 Å². The highest BCUT2D eigenvalue weighted by molar-refractivity contribution is 6.00. The molecule has 2 aliphatic rings. The average molecular weight is 447 g/mol. The third-order valence-corrected chi connectivity index (χ3v) is 6.25. The predicted molar refractivity (Wildman–Crippen MR) is 120 cm³/mol. The van der Waals surface area contributed by atoms with Crippen molar-refractivity contribution in [2.75, 3.05) is 25.6 Å². The molecule has 1 saturated carbocycles. The lowest BCUT2D eigenvalue weighted by Crippen LogP contribution is -2.42. The van der Waals surface area contributed by atoms with Gasteiger partial charge in [0.15, 0.2) is 5.65 Å². The molecule has 0 atom stereocenters. The summed E-state index contributed by atoms with van der Waals surface area (Å²) in [7, 11) is 1.74. The van der Waals surface area contributed by atoms with E-state index in [1.165, 1.54) is 6.20 Å². The summed E-state index contributed by atoms with van der Waals surface area (Å²) in [6, 6.07) is 4.18. The molecular formula is C23H25N7O3. The van der Waals surface area contributed by atoms with Gasteiger partial charge in [-0.1, -0.05) is 0 Å². The van der Waals surface area contributed by atoms with Gasteiger partial charge in [0.05, 0.1) is 65.8 Å². The summed E-state index contributed by atoms with van der Waals surface area (Å²) >= 11 is 0. The fourth-order valence-electron chi connectivity index (χ4n) is 4.26. The van der Waals surface area contributed by atoms with E-state index in [0.29, 0.717) is 41.4 Å². The molecular weight excluding hydrogens is 422 g/mol. The number of carbonyl (C=O) groups excluding carboxylic acids is 1. The Bertz CT molecular complexity index is 1210. The third-order valence-electron chi connectivity index (χ3n) is 6.25. The maximum absolute atomic E-state index is 13.1. The van der Waals surface area contributed by atoms with E-state index in [1.54, 1.807) is 30.2 Å². The molecule has 1 saturated heterocycles. The van der Waals surface area contributed by atoms with Gasteiger partial charge in [-0.25, -0.2) is 9.50 Å². The first-order valence-corrected chi connectivity index (χ1v) is 11.1. The van der Waals surface area contributed by atoms with Crippen molar-refractivity contribution in [2.24, 2.45) is 0 Å². The van der Waals surface area contributed by atoms with Gasteiger partial charge in [0.25, 0.3) is 5.91 Å². The van der Waals surface area contributed by atoms with Crippen LogP contribution < -0.4 is 10.6 Å².